The Morgan fingerprint density at radius 3 is 2.25 bits per heavy atom. The van der Waals surface area contributed by atoms with Crippen LogP contribution in [0.5, 0.6) is 0 Å². The van der Waals surface area contributed by atoms with E-state index in [-0.39, 0.29) is 5.91 Å². The summed E-state index contributed by atoms with van der Waals surface area (Å²) in [6, 6.07) is 0.577. The molecular formula is C16H35N3O. The van der Waals surface area contributed by atoms with Crippen LogP contribution in [0.4, 0.5) is 0 Å². The van der Waals surface area contributed by atoms with Crippen molar-refractivity contribution in [3.63, 3.8) is 0 Å². The monoisotopic (exact) mass is 285 g/mol. The van der Waals surface area contributed by atoms with Gasteiger partial charge in [-0.1, -0.05) is 20.8 Å². The highest BCUT2D eigenvalue weighted by atomic mass is 16.1. The number of carbonyl (C=O) groups excluding carboxylic acids is 1. The molecule has 0 saturated carbocycles. The van der Waals surface area contributed by atoms with E-state index < -0.39 is 5.54 Å². The van der Waals surface area contributed by atoms with Crippen molar-refractivity contribution in [2.24, 2.45) is 11.7 Å². The Balaban J connectivity index is 4.18. The van der Waals surface area contributed by atoms with Gasteiger partial charge in [-0.2, -0.15) is 0 Å². The molecule has 0 aliphatic rings. The van der Waals surface area contributed by atoms with E-state index in [4.69, 9.17) is 5.73 Å². The SMILES string of the molecule is CCNC(C)(CCCCN(CC(C)C)C(C)C)C(N)=O. The first-order chi connectivity index (χ1) is 9.23. The average Bonchev–Trinajstić information content (AvgIpc) is 2.32. The fourth-order valence-electron chi connectivity index (χ4n) is 2.51. The minimum absolute atomic E-state index is 0.248. The van der Waals surface area contributed by atoms with Crippen LogP contribution in [0.1, 0.15) is 60.8 Å². The molecule has 0 heterocycles. The molecule has 0 aromatic carbocycles. The summed E-state index contributed by atoms with van der Waals surface area (Å²) < 4.78 is 0. The molecule has 0 fully saturated rings. The van der Waals surface area contributed by atoms with E-state index in [1.54, 1.807) is 0 Å². The van der Waals surface area contributed by atoms with Gasteiger partial charge >= 0.3 is 0 Å². The maximum Gasteiger partial charge on any atom is 0.237 e. The highest BCUT2D eigenvalue weighted by Gasteiger charge is 2.29. The summed E-state index contributed by atoms with van der Waals surface area (Å²) >= 11 is 0. The van der Waals surface area contributed by atoms with Gasteiger partial charge in [0.25, 0.3) is 0 Å². The van der Waals surface area contributed by atoms with Crippen molar-refractivity contribution in [3.8, 4) is 0 Å². The summed E-state index contributed by atoms with van der Waals surface area (Å²) in [5.41, 5.74) is 4.94. The zero-order valence-corrected chi connectivity index (χ0v) is 14.3. The highest BCUT2D eigenvalue weighted by molar-refractivity contribution is 5.84. The number of nitrogens with two attached hydrogens (primary N) is 1. The van der Waals surface area contributed by atoms with Crippen LogP contribution >= 0.6 is 0 Å². The van der Waals surface area contributed by atoms with Crippen LogP contribution in [0.25, 0.3) is 0 Å². The molecule has 1 atom stereocenters. The molecule has 0 aromatic rings. The molecule has 0 spiro atoms. The van der Waals surface area contributed by atoms with Crippen LogP contribution in [0.2, 0.25) is 0 Å². The number of carbonyl (C=O) groups is 1. The molecule has 120 valence electrons. The van der Waals surface area contributed by atoms with Crippen LogP contribution in [-0.4, -0.2) is 42.0 Å². The number of amides is 1. The lowest BCUT2D eigenvalue weighted by Gasteiger charge is -2.30. The summed E-state index contributed by atoms with van der Waals surface area (Å²) in [4.78, 5) is 14.1. The van der Waals surface area contributed by atoms with Crippen LogP contribution in [-0.2, 0) is 4.79 Å². The number of hydrogen-bond acceptors (Lipinski definition) is 3. The molecule has 0 bridgehead atoms. The Kier molecular flexibility index (Phi) is 9.06. The predicted molar refractivity (Wildman–Crippen MR) is 86.7 cm³/mol. The van der Waals surface area contributed by atoms with Gasteiger partial charge in [0, 0.05) is 12.6 Å². The molecule has 0 saturated heterocycles. The molecule has 0 rings (SSSR count). The third-order valence-electron chi connectivity index (χ3n) is 3.81. The predicted octanol–water partition coefficient (Wildman–Crippen LogP) is 2.38. The maximum absolute atomic E-state index is 11.5. The second-order valence-corrected chi connectivity index (χ2v) is 6.67. The van der Waals surface area contributed by atoms with E-state index >= 15 is 0 Å². The van der Waals surface area contributed by atoms with Gasteiger partial charge in [0.05, 0.1) is 5.54 Å². The van der Waals surface area contributed by atoms with Gasteiger partial charge in [-0.15, -0.1) is 0 Å². The maximum atomic E-state index is 11.5. The van der Waals surface area contributed by atoms with Crippen molar-refractivity contribution in [1.82, 2.24) is 10.2 Å². The Morgan fingerprint density at radius 1 is 1.25 bits per heavy atom. The minimum atomic E-state index is -0.560. The molecule has 0 aliphatic heterocycles. The summed E-state index contributed by atoms with van der Waals surface area (Å²) in [6.07, 6.45) is 2.94. The first-order valence-corrected chi connectivity index (χ1v) is 8.02. The van der Waals surface area contributed by atoms with Crippen molar-refractivity contribution in [2.75, 3.05) is 19.6 Å². The van der Waals surface area contributed by atoms with Crippen molar-refractivity contribution in [1.29, 1.82) is 0 Å². The summed E-state index contributed by atoms with van der Waals surface area (Å²) in [7, 11) is 0. The number of hydrogen-bond donors (Lipinski definition) is 2. The first kappa shape index (κ1) is 19.4. The molecule has 4 heteroatoms. The Hall–Kier alpha value is -0.610. The molecule has 0 aliphatic carbocycles. The zero-order valence-electron chi connectivity index (χ0n) is 14.3. The minimum Gasteiger partial charge on any atom is -0.368 e. The van der Waals surface area contributed by atoms with Gasteiger partial charge in [0.1, 0.15) is 0 Å². The highest BCUT2D eigenvalue weighted by Crippen LogP contribution is 2.15. The quantitative estimate of drug-likeness (QED) is 0.573. The Bertz CT molecular complexity index is 279. The summed E-state index contributed by atoms with van der Waals surface area (Å²) in [5.74, 6) is 0.442. The van der Waals surface area contributed by atoms with Crippen molar-refractivity contribution in [2.45, 2.75) is 72.4 Å². The fourth-order valence-corrected chi connectivity index (χ4v) is 2.51. The van der Waals surface area contributed by atoms with Gasteiger partial charge in [-0.05, 0) is 59.0 Å². The Morgan fingerprint density at radius 2 is 1.85 bits per heavy atom. The van der Waals surface area contributed by atoms with E-state index in [9.17, 15) is 4.79 Å². The lowest BCUT2D eigenvalue weighted by Crippen LogP contribution is -2.53. The van der Waals surface area contributed by atoms with Crippen LogP contribution in [0.15, 0.2) is 0 Å². The molecule has 20 heavy (non-hydrogen) atoms. The molecular weight excluding hydrogens is 250 g/mol. The fraction of sp³-hybridized carbons (Fsp3) is 0.938. The van der Waals surface area contributed by atoms with Crippen LogP contribution < -0.4 is 11.1 Å². The molecule has 0 aromatic heterocycles. The van der Waals surface area contributed by atoms with Gasteiger partial charge in [-0.25, -0.2) is 0 Å². The number of unbranched alkanes of at least 4 members (excludes halogenated alkanes) is 1. The van der Waals surface area contributed by atoms with Gasteiger partial charge in [0.2, 0.25) is 5.91 Å². The number of rotatable bonds is 11. The second kappa shape index (κ2) is 9.35. The summed E-state index contributed by atoms with van der Waals surface area (Å²) in [5, 5.41) is 3.21. The zero-order chi connectivity index (χ0) is 15.8. The van der Waals surface area contributed by atoms with Gasteiger partial charge in [-0.3, -0.25) is 4.79 Å². The van der Waals surface area contributed by atoms with E-state index in [0.29, 0.717) is 12.0 Å². The molecule has 4 nitrogen and oxygen atoms in total. The number of nitrogens with one attached hydrogen (secondary N) is 1. The van der Waals surface area contributed by atoms with Crippen molar-refractivity contribution >= 4 is 5.91 Å². The third-order valence-corrected chi connectivity index (χ3v) is 3.81. The van der Waals surface area contributed by atoms with Crippen LogP contribution in [0.3, 0.4) is 0 Å². The normalized spacial score (nSPS) is 15.1. The molecule has 1 amide bonds. The van der Waals surface area contributed by atoms with E-state index in [2.05, 4.69) is 37.9 Å². The Labute approximate surface area is 125 Å². The average molecular weight is 285 g/mol. The molecule has 0 radical (unpaired) electrons. The summed E-state index contributed by atoms with van der Waals surface area (Å²) in [6.45, 7) is 15.9. The second-order valence-electron chi connectivity index (χ2n) is 6.67. The van der Waals surface area contributed by atoms with Crippen LogP contribution in [0, 0.1) is 5.92 Å². The molecule has 3 N–H and O–H groups in total. The largest absolute Gasteiger partial charge is 0.368 e. The number of likely N-dealkylation sites (N-methyl/N-ethyl adjacent to an activating group) is 1. The number of nitrogens with zero attached hydrogens (tertiary/aromatic N) is 1. The lowest BCUT2D eigenvalue weighted by atomic mass is 9.93. The number of primary amides is 1. The van der Waals surface area contributed by atoms with Gasteiger partial charge < -0.3 is 16.0 Å². The van der Waals surface area contributed by atoms with E-state index in [1.807, 2.05) is 13.8 Å². The van der Waals surface area contributed by atoms with Gasteiger partial charge in [0.15, 0.2) is 0 Å². The standard InChI is InChI=1S/C16H35N3O/c1-7-18-16(6,15(17)20)10-8-9-11-19(14(4)5)12-13(2)3/h13-14,18H,7-12H2,1-6H3,(H2,17,20). The molecule has 1 unspecified atom stereocenters. The van der Waals surface area contributed by atoms with Crippen molar-refractivity contribution in [3.05, 3.63) is 0 Å². The first-order valence-electron chi connectivity index (χ1n) is 8.02. The smallest absolute Gasteiger partial charge is 0.237 e. The topological polar surface area (TPSA) is 58.4 Å². The van der Waals surface area contributed by atoms with Crippen molar-refractivity contribution < 1.29 is 4.79 Å². The third kappa shape index (κ3) is 7.25. The lowest BCUT2D eigenvalue weighted by molar-refractivity contribution is -0.124. The van der Waals surface area contributed by atoms with E-state index in [0.717, 1.165) is 38.9 Å². The van der Waals surface area contributed by atoms with E-state index in [1.165, 1.54) is 0 Å².